The van der Waals surface area contributed by atoms with Gasteiger partial charge in [0.1, 0.15) is 0 Å². The highest BCUT2D eigenvalue weighted by Crippen LogP contribution is 2.34. The molecule has 4 aromatic heterocycles. The van der Waals surface area contributed by atoms with Crippen molar-refractivity contribution in [2.24, 2.45) is 0 Å². The average molecular weight is 701 g/mol. The second kappa shape index (κ2) is 15.0. The van der Waals surface area contributed by atoms with E-state index in [-0.39, 0.29) is 11.1 Å². The number of aromatic nitrogens is 4. The van der Waals surface area contributed by atoms with Crippen LogP contribution in [0.25, 0.3) is 66.6 Å². The third-order valence-electron chi connectivity index (χ3n) is 9.34. The summed E-state index contributed by atoms with van der Waals surface area (Å²) in [7, 11) is 0. The van der Waals surface area contributed by atoms with Crippen molar-refractivity contribution in [3.05, 3.63) is 177 Å². The van der Waals surface area contributed by atoms with Crippen LogP contribution in [-0.4, -0.2) is 19.1 Å². The van der Waals surface area contributed by atoms with Crippen molar-refractivity contribution >= 4 is 33.4 Å². The summed E-state index contributed by atoms with van der Waals surface area (Å²) in [5.41, 5.74) is 11.1. The number of hydrogen-bond acceptors (Lipinski definition) is 4. The second-order valence-corrected chi connectivity index (χ2v) is 12.9. The minimum absolute atomic E-state index is 0.0524. The van der Waals surface area contributed by atoms with Crippen LogP contribution in [0.15, 0.2) is 155 Å². The SMILES string of the molecule is CCn1c(=O)cc(C)c2cc(-c3cccnc3-c3ccccc3)ccc21.CCn1c(=O)cc(Cl)c2cc(-c3cccnc3-c3ccccc3)ccc21. The first-order valence-corrected chi connectivity index (χ1v) is 17.7. The number of pyridine rings is 4. The van der Waals surface area contributed by atoms with Gasteiger partial charge in [-0.25, -0.2) is 0 Å². The van der Waals surface area contributed by atoms with Gasteiger partial charge in [-0.3, -0.25) is 19.6 Å². The Morgan fingerprint density at radius 2 is 0.981 bits per heavy atom. The average Bonchev–Trinajstić information content (AvgIpc) is 3.19. The predicted octanol–water partition coefficient (Wildman–Crippen LogP) is 10.5. The van der Waals surface area contributed by atoms with Gasteiger partial charge in [0.15, 0.2) is 0 Å². The van der Waals surface area contributed by atoms with Crippen molar-refractivity contribution in [2.45, 2.75) is 33.9 Å². The maximum absolute atomic E-state index is 12.2. The lowest BCUT2D eigenvalue weighted by Crippen LogP contribution is -2.19. The number of hydrogen-bond donors (Lipinski definition) is 0. The third kappa shape index (κ3) is 6.69. The minimum Gasteiger partial charge on any atom is -0.309 e. The molecule has 0 saturated carbocycles. The van der Waals surface area contributed by atoms with Crippen LogP contribution in [0.2, 0.25) is 5.02 Å². The van der Waals surface area contributed by atoms with E-state index in [4.69, 9.17) is 11.6 Å². The third-order valence-corrected chi connectivity index (χ3v) is 9.66. The quantitative estimate of drug-likeness (QED) is 0.173. The fraction of sp³-hybridized carbons (Fsp3) is 0.111. The number of nitrogens with zero attached hydrogens (tertiary/aromatic N) is 4. The molecule has 0 atom stereocenters. The summed E-state index contributed by atoms with van der Waals surface area (Å²) in [6.07, 6.45) is 3.63. The highest BCUT2D eigenvalue weighted by molar-refractivity contribution is 6.35. The first-order chi connectivity index (χ1) is 25.4. The van der Waals surface area contributed by atoms with Gasteiger partial charge in [-0.2, -0.15) is 0 Å². The van der Waals surface area contributed by atoms with Crippen molar-refractivity contribution in [1.29, 1.82) is 0 Å². The summed E-state index contributed by atoms with van der Waals surface area (Å²) in [6.45, 7) is 7.22. The Balaban J connectivity index is 0.000000162. The molecule has 7 heteroatoms. The Morgan fingerprint density at radius 3 is 1.48 bits per heavy atom. The molecular formula is C45H37ClN4O2. The van der Waals surface area contributed by atoms with E-state index in [1.807, 2.05) is 104 Å². The molecule has 0 bridgehead atoms. The lowest BCUT2D eigenvalue weighted by atomic mass is 9.97. The van der Waals surface area contributed by atoms with Gasteiger partial charge in [-0.1, -0.05) is 96.5 Å². The molecule has 8 rings (SSSR count). The largest absolute Gasteiger partial charge is 0.309 e. The zero-order valence-corrected chi connectivity index (χ0v) is 30.0. The van der Waals surface area contributed by atoms with E-state index in [0.717, 1.165) is 72.1 Å². The molecule has 0 fully saturated rings. The van der Waals surface area contributed by atoms with Crippen LogP contribution < -0.4 is 11.1 Å². The van der Waals surface area contributed by atoms with E-state index < -0.39 is 0 Å². The molecule has 0 radical (unpaired) electrons. The maximum atomic E-state index is 12.2. The van der Waals surface area contributed by atoms with Gasteiger partial charge in [0.05, 0.1) is 27.4 Å². The molecule has 4 aromatic carbocycles. The Hall–Kier alpha value is -6.11. The van der Waals surface area contributed by atoms with Gasteiger partial charge in [0.2, 0.25) is 0 Å². The second-order valence-electron chi connectivity index (χ2n) is 12.5. The first-order valence-electron chi connectivity index (χ1n) is 17.4. The standard InChI is InChI=1S/C23H20N2O.C22H17ClN2O/c1-3-25-21-12-11-18(15-20(21)16(2)14-22(25)26)19-10-7-13-24-23(19)17-8-5-4-6-9-17;1-2-25-20-11-10-16(13-18(20)19(23)14-21(25)26)17-9-6-12-24-22(17)15-7-4-3-5-8-15/h4-15H,3H2,1-2H3;3-14H,2H2,1H3. The molecule has 0 amide bonds. The molecule has 0 saturated heterocycles. The Morgan fingerprint density at radius 1 is 0.519 bits per heavy atom. The topological polar surface area (TPSA) is 69.8 Å². The summed E-state index contributed by atoms with van der Waals surface area (Å²) >= 11 is 6.38. The van der Waals surface area contributed by atoms with Gasteiger partial charge < -0.3 is 9.13 Å². The van der Waals surface area contributed by atoms with Gasteiger partial charge in [0.25, 0.3) is 11.1 Å². The zero-order chi connectivity index (χ0) is 36.2. The summed E-state index contributed by atoms with van der Waals surface area (Å²) in [5.74, 6) is 0. The summed E-state index contributed by atoms with van der Waals surface area (Å²) in [6, 6.07) is 43.9. The number of benzene rings is 4. The van der Waals surface area contributed by atoms with Crippen LogP contribution in [-0.2, 0) is 13.1 Å². The molecule has 4 heterocycles. The van der Waals surface area contributed by atoms with Gasteiger partial charge in [-0.05, 0) is 73.9 Å². The zero-order valence-electron chi connectivity index (χ0n) is 29.3. The van der Waals surface area contributed by atoms with E-state index in [9.17, 15) is 9.59 Å². The fourth-order valence-electron chi connectivity index (χ4n) is 6.81. The molecule has 0 N–H and O–H groups in total. The molecule has 6 nitrogen and oxygen atoms in total. The van der Waals surface area contributed by atoms with Crippen molar-refractivity contribution in [2.75, 3.05) is 0 Å². The Labute approximate surface area is 307 Å². The fourth-order valence-corrected chi connectivity index (χ4v) is 7.05. The smallest absolute Gasteiger partial charge is 0.252 e. The lowest BCUT2D eigenvalue weighted by molar-refractivity contribution is 0.758. The molecule has 0 unspecified atom stereocenters. The van der Waals surface area contributed by atoms with Crippen LogP contribution in [0, 0.1) is 6.92 Å². The minimum atomic E-state index is -0.0795. The van der Waals surface area contributed by atoms with Crippen LogP contribution in [0.1, 0.15) is 19.4 Å². The lowest BCUT2D eigenvalue weighted by Gasteiger charge is -2.13. The molecular weight excluding hydrogens is 664 g/mol. The monoisotopic (exact) mass is 700 g/mol. The molecule has 256 valence electrons. The Bertz CT molecular complexity index is 2480. The molecule has 0 aliphatic carbocycles. The van der Waals surface area contributed by atoms with E-state index in [1.165, 1.54) is 6.07 Å². The van der Waals surface area contributed by atoms with Crippen molar-refractivity contribution in [1.82, 2.24) is 19.1 Å². The number of rotatable bonds is 6. The predicted molar refractivity (Wildman–Crippen MR) is 215 cm³/mol. The van der Waals surface area contributed by atoms with Crippen molar-refractivity contribution in [3.8, 4) is 44.8 Å². The van der Waals surface area contributed by atoms with Crippen LogP contribution in [0.3, 0.4) is 0 Å². The number of fused-ring (bicyclic) bond motifs is 2. The molecule has 8 aromatic rings. The van der Waals surface area contributed by atoms with Crippen LogP contribution in [0.5, 0.6) is 0 Å². The van der Waals surface area contributed by atoms with Gasteiger partial charge in [0, 0.05) is 70.6 Å². The Kier molecular flexibility index (Phi) is 9.92. The molecule has 52 heavy (non-hydrogen) atoms. The molecule has 0 aliphatic rings. The number of halogens is 1. The summed E-state index contributed by atoms with van der Waals surface area (Å²) < 4.78 is 3.54. The highest BCUT2D eigenvalue weighted by atomic mass is 35.5. The summed E-state index contributed by atoms with van der Waals surface area (Å²) in [4.78, 5) is 33.6. The molecule has 0 spiro atoms. The summed E-state index contributed by atoms with van der Waals surface area (Å²) in [5, 5.41) is 2.45. The highest BCUT2D eigenvalue weighted by Gasteiger charge is 2.13. The van der Waals surface area contributed by atoms with E-state index >= 15 is 0 Å². The maximum Gasteiger partial charge on any atom is 0.252 e. The van der Waals surface area contributed by atoms with Crippen molar-refractivity contribution < 1.29 is 0 Å². The van der Waals surface area contributed by atoms with E-state index in [2.05, 4.69) is 58.5 Å². The van der Waals surface area contributed by atoms with E-state index in [1.54, 1.807) is 16.8 Å². The van der Waals surface area contributed by atoms with E-state index in [0.29, 0.717) is 18.1 Å². The van der Waals surface area contributed by atoms with Crippen molar-refractivity contribution in [3.63, 3.8) is 0 Å². The molecule has 0 aliphatic heterocycles. The first kappa shape index (κ1) is 34.3. The normalized spacial score (nSPS) is 11.0. The number of aryl methyl sites for hydroxylation is 3. The van der Waals surface area contributed by atoms with Crippen LogP contribution >= 0.6 is 11.6 Å². The van der Waals surface area contributed by atoms with Gasteiger partial charge in [-0.15, -0.1) is 0 Å². The van der Waals surface area contributed by atoms with Crippen LogP contribution in [0.4, 0.5) is 0 Å². The van der Waals surface area contributed by atoms with Gasteiger partial charge >= 0.3 is 0 Å².